The zero-order chi connectivity index (χ0) is 20.2. The Hall–Kier alpha value is -3.53. The topological polar surface area (TPSA) is 64.3 Å². The lowest BCUT2D eigenvalue weighted by molar-refractivity contribution is 0.144. The Balaban J connectivity index is 1.35. The van der Waals surface area contributed by atoms with Gasteiger partial charge in [0.2, 0.25) is 0 Å². The van der Waals surface area contributed by atoms with E-state index >= 15 is 0 Å². The van der Waals surface area contributed by atoms with E-state index in [1.54, 1.807) is 0 Å². The van der Waals surface area contributed by atoms with Gasteiger partial charge in [-0.1, -0.05) is 72.8 Å². The molecular weight excluding hydrogens is 360 g/mol. The van der Waals surface area contributed by atoms with Crippen LogP contribution in [-0.2, 0) is 4.74 Å². The largest absolute Gasteiger partial charge is 0.449 e. The van der Waals surface area contributed by atoms with Crippen LogP contribution in [0.25, 0.3) is 17.2 Å². The van der Waals surface area contributed by atoms with Crippen molar-refractivity contribution < 1.29 is 9.53 Å². The first-order valence-corrected chi connectivity index (χ1v) is 9.75. The van der Waals surface area contributed by atoms with Gasteiger partial charge in [0.1, 0.15) is 6.61 Å². The SMILES string of the molecule is Cc1cccc(N)c1C=CCNC(=O)OCC1c2ccccc2-c2ccccc21. The van der Waals surface area contributed by atoms with Crippen molar-refractivity contribution in [2.24, 2.45) is 0 Å². The highest BCUT2D eigenvalue weighted by molar-refractivity contribution is 5.79. The van der Waals surface area contributed by atoms with Crippen molar-refractivity contribution in [2.75, 3.05) is 18.9 Å². The van der Waals surface area contributed by atoms with Gasteiger partial charge in [0, 0.05) is 23.7 Å². The fraction of sp³-hybridized carbons (Fsp3) is 0.160. The summed E-state index contributed by atoms with van der Waals surface area (Å²) < 4.78 is 5.53. The average molecular weight is 384 g/mol. The van der Waals surface area contributed by atoms with Gasteiger partial charge in [0.05, 0.1) is 0 Å². The molecule has 0 unspecified atom stereocenters. The Morgan fingerprint density at radius 3 is 2.31 bits per heavy atom. The van der Waals surface area contributed by atoms with Crippen LogP contribution in [0.2, 0.25) is 0 Å². The summed E-state index contributed by atoms with van der Waals surface area (Å²) in [4.78, 5) is 12.2. The van der Waals surface area contributed by atoms with Gasteiger partial charge >= 0.3 is 6.09 Å². The minimum atomic E-state index is -0.422. The Bertz CT molecular complexity index is 1010. The van der Waals surface area contributed by atoms with E-state index in [4.69, 9.17) is 10.5 Å². The molecule has 0 spiro atoms. The number of alkyl carbamates (subject to hydrolysis) is 1. The quantitative estimate of drug-likeness (QED) is 0.600. The summed E-state index contributed by atoms with van der Waals surface area (Å²) in [7, 11) is 0. The number of hydrogen-bond donors (Lipinski definition) is 2. The molecule has 0 saturated heterocycles. The van der Waals surface area contributed by atoms with Gasteiger partial charge in [-0.2, -0.15) is 0 Å². The van der Waals surface area contributed by atoms with Crippen LogP contribution >= 0.6 is 0 Å². The van der Waals surface area contributed by atoms with E-state index < -0.39 is 6.09 Å². The molecule has 0 bridgehead atoms. The summed E-state index contributed by atoms with van der Waals surface area (Å²) in [5.74, 6) is 0.0652. The summed E-state index contributed by atoms with van der Waals surface area (Å²) in [6, 6.07) is 22.4. The van der Waals surface area contributed by atoms with Crippen LogP contribution in [0.4, 0.5) is 10.5 Å². The fourth-order valence-electron chi connectivity index (χ4n) is 3.90. The number of nitrogen functional groups attached to an aromatic ring is 1. The van der Waals surface area contributed by atoms with Crippen molar-refractivity contribution in [3.63, 3.8) is 0 Å². The Morgan fingerprint density at radius 2 is 1.66 bits per heavy atom. The monoisotopic (exact) mass is 384 g/mol. The Kier molecular flexibility index (Phi) is 5.34. The predicted molar refractivity (Wildman–Crippen MR) is 118 cm³/mol. The van der Waals surface area contributed by atoms with E-state index in [1.165, 1.54) is 22.3 Å². The van der Waals surface area contributed by atoms with Crippen molar-refractivity contribution in [3.8, 4) is 11.1 Å². The van der Waals surface area contributed by atoms with Crippen LogP contribution in [0, 0.1) is 6.92 Å². The van der Waals surface area contributed by atoms with Gasteiger partial charge in [0.25, 0.3) is 0 Å². The van der Waals surface area contributed by atoms with E-state index in [0.29, 0.717) is 13.2 Å². The standard InChI is InChI=1S/C25H24N2O2/c1-17-8-6-14-24(26)18(17)13-7-15-27-25(28)29-16-23-21-11-4-2-9-19(21)20-10-3-5-12-22(20)23/h2-14,23H,15-16,26H2,1H3,(H,27,28). The molecule has 1 aliphatic rings. The van der Waals surface area contributed by atoms with E-state index in [9.17, 15) is 4.79 Å². The number of ether oxygens (including phenoxy) is 1. The second-order valence-corrected chi connectivity index (χ2v) is 7.19. The second kappa shape index (κ2) is 8.23. The number of fused-ring (bicyclic) bond motifs is 3. The fourth-order valence-corrected chi connectivity index (χ4v) is 3.90. The van der Waals surface area contributed by atoms with Crippen LogP contribution in [0.3, 0.4) is 0 Å². The lowest BCUT2D eigenvalue weighted by Gasteiger charge is -2.14. The first-order chi connectivity index (χ1) is 14.1. The number of carbonyl (C=O) groups is 1. The maximum atomic E-state index is 12.2. The first kappa shape index (κ1) is 18.8. The summed E-state index contributed by atoms with van der Waals surface area (Å²) in [5, 5.41) is 2.77. The van der Waals surface area contributed by atoms with Crippen molar-refractivity contribution in [2.45, 2.75) is 12.8 Å². The third kappa shape index (κ3) is 3.87. The minimum Gasteiger partial charge on any atom is -0.449 e. The number of nitrogens with one attached hydrogen (secondary N) is 1. The van der Waals surface area contributed by atoms with Crippen LogP contribution in [0.15, 0.2) is 72.8 Å². The van der Waals surface area contributed by atoms with E-state index in [2.05, 4.69) is 29.6 Å². The summed E-state index contributed by atoms with van der Waals surface area (Å²) in [5.41, 5.74) is 13.6. The molecule has 4 rings (SSSR count). The van der Waals surface area contributed by atoms with Gasteiger partial charge in [-0.05, 0) is 40.8 Å². The number of hydrogen-bond acceptors (Lipinski definition) is 3. The molecule has 0 radical (unpaired) electrons. The molecule has 0 heterocycles. The Morgan fingerprint density at radius 1 is 1.00 bits per heavy atom. The molecule has 0 aromatic heterocycles. The molecule has 1 amide bonds. The number of aryl methyl sites for hydroxylation is 1. The molecule has 0 saturated carbocycles. The van der Waals surface area contributed by atoms with Crippen LogP contribution in [0.1, 0.15) is 28.2 Å². The maximum Gasteiger partial charge on any atom is 0.407 e. The van der Waals surface area contributed by atoms with Gasteiger partial charge in [-0.15, -0.1) is 0 Å². The molecule has 4 heteroatoms. The van der Waals surface area contributed by atoms with E-state index in [-0.39, 0.29) is 5.92 Å². The molecule has 3 aromatic carbocycles. The van der Waals surface area contributed by atoms with Gasteiger partial charge < -0.3 is 15.8 Å². The van der Waals surface area contributed by atoms with Gasteiger partial charge in [-0.25, -0.2) is 4.79 Å². The Labute approximate surface area is 171 Å². The van der Waals surface area contributed by atoms with Gasteiger partial charge in [0.15, 0.2) is 0 Å². The third-order valence-electron chi connectivity index (χ3n) is 5.35. The van der Waals surface area contributed by atoms with E-state index in [0.717, 1.165) is 16.8 Å². The van der Waals surface area contributed by atoms with E-state index in [1.807, 2.05) is 61.5 Å². The highest BCUT2D eigenvalue weighted by atomic mass is 16.5. The molecule has 3 aromatic rings. The molecule has 0 fully saturated rings. The second-order valence-electron chi connectivity index (χ2n) is 7.19. The maximum absolute atomic E-state index is 12.2. The number of nitrogens with two attached hydrogens (primary N) is 1. The molecule has 29 heavy (non-hydrogen) atoms. The zero-order valence-electron chi connectivity index (χ0n) is 16.4. The van der Waals surface area contributed by atoms with Crippen molar-refractivity contribution in [1.82, 2.24) is 5.32 Å². The number of carbonyl (C=O) groups excluding carboxylic acids is 1. The number of rotatable bonds is 5. The number of anilines is 1. The van der Waals surface area contributed by atoms with Crippen LogP contribution < -0.4 is 11.1 Å². The molecule has 0 atom stereocenters. The normalized spacial score (nSPS) is 12.6. The predicted octanol–water partition coefficient (Wildman–Crippen LogP) is 5.13. The molecular formula is C25H24N2O2. The first-order valence-electron chi connectivity index (χ1n) is 9.75. The lowest BCUT2D eigenvalue weighted by Crippen LogP contribution is -2.26. The minimum absolute atomic E-state index is 0.0652. The molecule has 0 aliphatic heterocycles. The van der Waals surface area contributed by atoms with Crippen LogP contribution in [-0.4, -0.2) is 19.2 Å². The van der Waals surface area contributed by atoms with Crippen LogP contribution in [0.5, 0.6) is 0 Å². The van der Waals surface area contributed by atoms with Gasteiger partial charge in [-0.3, -0.25) is 0 Å². The number of amides is 1. The zero-order valence-corrected chi connectivity index (χ0v) is 16.4. The van der Waals surface area contributed by atoms with Crippen molar-refractivity contribution >= 4 is 17.9 Å². The molecule has 4 nitrogen and oxygen atoms in total. The average Bonchev–Trinajstić information content (AvgIpc) is 3.05. The highest BCUT2D eigenvalue weighted by Crippen LogP contribution is 2.44. The molecule has 146 valence electrons. The highest BCUT2D eigenvalue weighted by Gasteiger charge is 2.28. The molecule has 3 N–H and O–H groups in total. The lowest BCUT2D eigenvalue weighted by atomic mass is 9.98. The summed E-state index contributed by atoms with van der Waals surface area (Å²) in [6.45, 7) is 2.70. The van der Waals surface area contributed by atoms with Crippen molar-refractivity contribution in [1.29, 1.82) is 0 Å². The molecule has 1 aliphatic carbocycles. The summed E-state index contributed by atoms with van der Waals surface area (Å²) >= 11 is 0. The van der Waals surface area contributed by atoms with Crippen molar-refractivity contribution in [3.05, 3.63) is 95.1 Å². The smallest absolute Gasteiger partial charge is 0.407 e. The summed E-state index contributed by atoms with van der Waals surface area (Å²) in [6.07, 6.45) is 3.38. The third-order valence-corrected chi connectivity index (χ3v) is 5.35. The number of benzene rings is 3.